The SMILES string of the molecule is O=S(=O)(NCc1ccccc1)Nc1cc(Cl)ccc1-n1cncn1. The van der Waals surface area contributed by atoms with Crippen molar-refractivity contribution in [3.8, 4) is 5.69 Å². The zero-order chi connectivity index (χ0) is 17.0. The molecule has 0 amide bonds. The van der Waals surface area contributed by atoms with Crippen LogP contribution >= 0.6 is 11.6 Å². The van der Waals surface area contributed by atoms with Crippen molar-refractivity contribution in [2.45, 2.75) is 6.54 Å². The molecular weight excluding hydrogens is 350 g/mol. The van der Waals surface area contributed by atoms with E-state index in [4.69, 9.17) is 11.6 Å². The number of rotatable bonds is 6. The standard InChI is InChI=1S/C15H14ClN5O2S/c16-13-6-7-15(21-11-17-10-18-21)14(8-13)20-24(22,23)19-9-12-4-2-1-3-5-12/h1-8,10-11,19-20H,9H2. The van der Waals surface area contributed by atoms with E-state index in [0.717, 1.165) is 5.56 Å². The van der Waals surface area contributed by atoms with Crippen LogP contribution in [0, 0.1) is 0 Å². The van der Waals surface area contributed by atoms with Crippen LogP contribution in [-0.2, 0) is 16.8 Å². The Labute approximate surface area is 144 Å². The number of anilines is 1. The van der Waals surface area contributed by atoms with Crippen molar-refractivity contribution in [1.82, 2.24) is 19.5 Å². The predicted octanol–water partition coefficient (Wildman–Crippen LogP) is 2.37. The Bertz CT molecular complexity index is 914. The highest BCUT2D eigenvalue weighted by Crippen LogP contribution is 2.24. The molecule has 124 valence electrons. The molecule has 0 bridgehead atoms. The van der Waals surface area contributed by atoms with Crippen molar-refractivity contribution in [1.29, 1.82) is 0 Å². The third kappa shape index (κ3) is 4.10. The number of aromatic nitrogens is 3. The van der Waals surface area contributed by atoms with Crippen LogP contribution in [0.1, 0.15) is 5.56 Å². The highest BCUT2D eigenvalue weighted by molar-refractivity contribution is 7.90. The van der Waals surface area contributed by atoms with Gasteiger partial charge in [0.2, 0.25) is 0 Å². The van der Waals surface area contributed by atoms with Gasteiger partial charge >= 0.3 is 0 Å². The van der Waals surface area contributed by atoms with E-state index in [2.05, 4.69) is 19.5 Å². The topological polar surface area (TPSA) is 88.9 Å². The Balaban J connectivity index is 1.81. The smallest absolute Gasteiger partial charge is 0.269 e. The summed E-state index contributed by atoms with van der Waals surface area (Å²) in [5.74, 6) is 0. The summed E-state index contributed by atoms with van der Waals surface area (Å²) in [6.07, 6.45) is 2.83. The summed E-state index contributed by atoms with van der Waals surface area (Å²) in [6, 6.07) is 14.0. The van der Waals surface area contributed by atoms with Crippen LogP contribution < -0.4 is 9.44 Å². The fraction of sp³-hybridized carbons (Fsp3) is 0.0667. The van der Waals surface area contributed by atoms with Gasteiger partial charge in [-0.15, -0.1) is 0 Å². The molecule has 3 aromatic rings. The van der Waals surface area contributed by atoms with E-state index in [0.29, 0.717) is 16.4 Å². The molecule has 0 saturated carbocycles. The summed E-state index contributed by atoms with van der Waals surface area (Å²) in [7, 11) is -3.78. The first-order chi connectivity index (χ1) is 11.5. The van der Waals surface area contributed by atoms with Crippen LogP contribution in [0.4, 0.5) is 5.69 Å². The summed E-state index contributed by atoms with van der Waals surface area (Å²) in [4.78, 5) is 3.86. The van der Waals surface area contributed by atoms with Crippen molar-refractivity contribution in [3.05, 3.63) is 71.8 Å². The first-order valence-corrected chi connectivity index (χ1v) is 8.85. The molecule has 3 rings (SSSR count). The third-order valence-corrected chi connectivity index (χ3v) is 4.43. The summed E-state index contributed by atoms with van der Waals surface area (Å²) in [6.45, 7) is 0.176. The largest absolute Gasteiger partial charge is 0.299 e. The van der Waals surface area contributed by atoms with Gasteiger partial charge in [0.15, 0.2) is 0 Å². The van der Waals surface area contributed by atoms with Crippen LogP contribution in [0.3, 0.4) is 0 Å². The van der Waals surface area contributed by atoms with Crippen LogP contribution in [0.2, 0.25) is 5.02 Å². The maximum atomic E-state index is 12.3. The fourth-order valence-electron chi connectivity index (χ4n) is 2.08. The maximum absolute atomic E-state index is 12.3. The molecule has 0 radical (unpaired) electrons. The van der Waals surface area contributed by atoms with Gasteiger partial charge in [-0.3, -0.25) is 4.72 Å². The Hall–Kier alpha value is -2.42. The van der Waals surface area contributed by atoms with E-state index in [1.807, 2.05) is 30.3 Å². The molecule has 9 heteroatoms. The Morgan fingerprint density at radius 2 is 1.92 bits per heavy atom. The monoisotopic (exact) mass is 363 g/mol. The van der Waals surface area contributed by atoms with Crippen molar-refractivity contribution in [3.63, 3.8) is 0 Å². The van der Waals surface area contributed by atoms with Crippen LogP contribution in [-0.4, -0.2) is 23.2 Å². The number of nitrogens with one attached hydrogen (secondary N) is 2. The van der Waals surface area contributed by atoms with Gasteiger partial charge in [-0.1, -0.05) is 41.9 Å². The second kappa shape index (κ2) is 7.00. The first-order valence-electron chi connectivity index (χ1n) is 6.99. The fourth-order valence-corrected chi connectivity index (χ4v) is 3.13. The van der Waals surface area contributed by atoms with Gasteiger partial charge in [-0.2, -0.15) is 18.2 Å². The zero-order valence-electron chi connectivity index (χ0n) is 12.4. The Morgan fingerprint density at radius 3 is 2.62 bits per heavy atom. The first kappa shape index (κ1) is 16.4. The number of hydrogen-bond acceptors (Lipinski definition) is 4. The molecule has 0 fully saturated rings. The summed E-state index contributed by atoms with van der Waals surface area (Å²) >= 11 is 5.98. The molecule has 24 heavy (non-hydrogen) atoms. The van der Waals surface area contributed by atoms with Gasteiger partial charge in [0, 0.05) is 11.6 Å². The molecule has 7 nitrogen and oxygen atoms in total. The molecule has 0 atom stereocenters. The molecule has 1 heterocycles. The second-order valence-electron chi connectivity index (χ2n) is 4.91. The minimum absolute atomic E-state index is 0.176. The highest BCUT2D eigenvalue weighted by Gasteiger charge is 2.14. The van der Waals surface area contributed by atoms with Crippen molar-refractivity contribution < 1.29 is 8.42 Å². The average Bonchev–Trinajstić information content (AvgIpc) is 3.08. The van der Waals surface area contributed by atoms with Gasteiger partial charge in [0.1, 0.15) is 12.7 Å². The minimum atomic E-state index is -3.78. The molecular formula is C15H14ClN5O2S. The third-order valence-electron chi connectivity index (χ3n) is 3.18. The minimum Gasteiger partial charge on any atom is -0.269 e. The van der Waals surface area contributed by atoms with E-state index < -0.39 is 10.2 Å². The van der Waals surface area contributed by atoms with E-state index in [9.17, 15) is 8.42 Å². The molecule has 0 aliphatic rings. The quantitative estimate of drug-likeness (QED) is 0.703. The number of benzene rings is 2. The lowest BCUT2D eigenvalue weighted by Crippen LogP contribution is -2.30. The van der Waals surface area contributed by atoms with E-state index in [1.54, 1.807) is 12.1 Å². The highest BCUT2D eigenvalue weighted by atomic mass is 35.5. The Kier molecular flexibility index (Phi) is 4.79. The molecule has 1 aromatic heterocycles. The van der Waals surface area contributed by atoms with Gasteiger partial charge in [0.05, 0.1) is 11.4 Å². The molecule has 2 aromatic carbocycles. The molecule has 2 N–H and O–H groups in total. The van der Waals surface area contributed by atoms with Crippen molar-refractivity contribution in [2.75, 3.05) is 4.72 Å². The van der Waals surface area contributed by atoms with E-state index >= 15 is 0 Å². The summed E-state index contributed by atoms with van der Waals surface area (Å²) in [5, 5.41) is 4.41. The maximum Gasteiger partial charge on any atom is 0.299 e. The zero-order valence-corrected chi connectivity index (χ0v) is 14.0. The number of hydrogen-bond donors (Lipinski definition) is 2. The van der Waals surface area contributed by atoms with Crippen LogP contribution in [0.15, 0.2) is 61.2 Å². The van der Waals surface area contributed by atoms with E-state index in [1.165, 1.54) is 23.4 Å². The van der Waals surface area contributed by atoms with Gasteiger partial charge in [-0.05, 0) is 23.8 Å². The molecule has 0 aliphatic carbocycles. The van der Waals surface area contributed by atoms with E-state index in [-0.39, 0.29) is 6.54 Å². The molecule has 0 spiro atoms. The second-order valence-corrected chi connectivity index (χ2v) is 6.85. The number of halogens is 1. The lowest BCUT2D eigenvalue weighted by Gasteiger charge is -2.13. The average molecular weight is 364 g/mol. The van der Waals surface area contributed by atoms with Crippen molar-refractivity contribution in [2.24, 2.45) is 0 Å². The molecule has 0 unspecified atom stereocenters. The predicted molar refractivity (Wildman–Crippen MR) is 92.2 cm³/mol. The van der Waals surface area contributed by atoms with Gasteiger partial charge in [-0.25, -0.2) is 9.67 Å². The van der Waals surface area contributed by atoms with Crippen molar-refractivity contribution >= 4 is 27.5 Å². The normalized spacial score (nSPS) is 11.4. The summed E-state index contributed by atoms with van der Waals surface area (Å²) < 4.78 is 31.0. The number of nitrogens with zero attached hydrogens (tertiary/aromatic N) is 3. The lowest BCUT2D eigenvalue weighted by atomic mass is 10.2. The Morgan fingerprint density at radius 1 is 1.12 bits per heavy atom. The lowest BCUT2D eigenvalue weighted by molar-refractivity contribution is 0.587. The molecule has 0 saturated heterocycles. The summed E-state index contributed by atoms with van der Waals surface area (Å²) in [5.41, 5.74) is 1.67. The van der Waals surface area contributed by atoms with Gasteiger partial charge < -0.3 is 0 Å². The van der Waals surface area contributed by atoms with Gasteiger partial charge in [0.25, 0.3) is 10.2 Å². The van der Waals surface area contributed by atoms with Crippen LogP contribution in [0.25, 0.3) is 5.69 Å². The molecule has 0 aliphatic heterocycles. The van der Waals surface area contributed by atoms with Crippen LogP contribution in [0.5, 0.6) is 0 Å².